The Hall–Kier alpha value is -1.32. The molecule has 0 heterocycles. The van der Waals surface area contributed by atoms with Crippen LogP contribution in [0.4, 0.5) is 0 Å². The van der Waals surface area contributed by atoms with Crippen molar-refractivity contribution in [1.29, 1.82) is 0 Å². The Labute approximate surface area is 84.0 Å². The van der Waals surface area contributed by atoms with E-state index in [1.807, 2.05) is 6.92 Å². The van der Waals surface area contributed by atoms with Crippen molar-refractivity contribution in [2.24, 2.45) is 0 Å². The molecule has 1 amide bonds. The Bertz CT molecular complexity index is 234. The molecule has 0 radical (unpaired) electrons. The molecule has 0 saturated heterocycles. The summed E-state index contributed by atoms with van der Waals surface area (Å²) in [5.74, 6) is -0.890. The Morgan fingerprint density at radius 3 is 2.57 bits per heavy atom. The van der Waals surface area contributed by atoms with E-state index in [4.69, 9.17) is 5.11 Å². The molecule has 4 nitrogen and oxygen atoms in total. The number of rotatable bonds is 6. The van der Waals surface area contributed by atoms with Crippen LogP contribution in [0.1, 0.15) is 33.1 Å². The third kappa shape index (κ3) is 6.22. The third-order valence-corrected chi connectivity index (χ3v) is 1.73. The quantitative estimate of drug-likeness (QED) is 0.501. The number of carboxylic acids is 1. The number of hydrogen-bond donors (Lipinski definition) is 2. The highest BCUT2D eigenvalue weighted by atomic mass is 16.4. The second-order valence-electron chi connectivity index (χ2n) is 3.08. The van der Waals surface area contributed by atoms with Crippen LogP contribution in [0.25, 0.3) is 0 Å². The first kappa shape index (κ1) is 12.7. The summed E-state index contributed by atoms with van der Waals surface area (Å²) in [4.78, 5) is 21.3. The average Bonchev–Trinajstić information content (AvgIpc) is 2.12. The minimum Gasteiger partial charge on any atom is -0.478 e. The zero-order valence-electron chi connectivity index (χ0n) is 8.67. The molecule has 4 heteroatoms. The van der Waals surface area contributed by atoms with Gasteiger partial charge in [0.05, 0.1) is 0 Å². The molecule has 14 heavy (non-hydrogen) atoms. The van der Waals surface area contributed by atoms with Crippen LogP contribution in [0.2, 0.25) is 0 Å². The van der Waals surface area contributed by atoms with Crippen LogP contribution in [0.15, 0.2) is 11.6 Å². The normalized spacial score (nSPS) is 11.1. The number of hydrogen-bond acceptors (Lipinski definition) is 2. The SMILES string of the molecule is CCCC(=O)NCCC=C(C)C(=O)O. The molecule has 0 unspecified atom stereocenters. The topological polar surface area (TPSA) is 66.4 Å². The minimum absolute atomic E-state index is 0.0221. The van der Waals surface area contributed by atoms with Crippen LogP contribution in [0, 0.1) is 0 Å². The lowest BCUT2D eigenvalue weighted by atomic mass is 10.2. The molecule has 0 aromatic carbocycles. The van der Waals surface area contributed by atoms with Gasteiger partial charge < -0.3 is 10.4 Å². The first-order valence-corrected chi connectivity index (χ1v) is 4.74. The summed E-state index contributed by atoms with van der Waals surface area (Å²) in [6.07, 6.45) is 3.53. The van der Waals surface area contributed by atoms with Crippen LogP contribution in [-0.4, -0.2) is 23.5 Å². The Balaban J connectivity index is 3.60. The van der Waals surface area contributed by atoms with E-state index >= 15 is 0 Å². The van der Waals surface area contributed by atoms with E-state index < -0.39 is 5.97 Å². The van der Waals surface area contributed by atoms with E-state index in [9.17, 15) is 9.59 Å². The fourth-order valence-corrected chi connectivity index (χ4v) is 0.903. The molecule has 0 aromatic rings. The number of amides is 1. The highest BCUT2D eigenvalue weighted by Crippen LogP contribution is 1.94. The summed E-state index contributed by atoms with van der Waals surface area (Å²) in [5.41, 5.74) is 0.315. The first-order valence-electron chi connectivity index (χ1n) is 4.74. The largest absolute Gasteiger partial charge is 0.478 e. The fraction of sp³-hybridized carbons (Fsp3) is 0.600. The number of carbonyl (C=O) groups excluding carboxylic acids is 1. The summed E-state index contributed by atoms with van der Waals surface area (Å²) in [5, 5.41) is 11.2. The summed E-state index contributed by atoms with van der Waals surface area (Å²) < 4.78 is 0. The molecule has 0 rings (SSSR count). The highest BCUT2D eigenvalue weighted by molar-refractivity contribution is 5.85. The number of aliphatic carboxylic acids is 1. The van der Waals surface area contributed by atoms with Crippen molar-refractivity contribution in [2.45, 2.75) is 33.1 Å². The monoisotopic (exact) mass is 199 g/mol. The van der Waals surface area contributed by atoms with Gasteiger partial charge in [0.25, 0.3) is 0 Å². The smallest absolute Gasteiger partial charge is 0.330 e. The maximum Gasteiger partial charge on any atom is 0.330 e. The van der Waals surface area contributed by atoms with Crippen LogP contribution in [0.5, 0.6) is 0 Å². The van der Waals surface area contributed by atoms with Gasteiger partial charge in [0.15, 0.2) is 0 Å². The zero-order valence-corrected chi connectivity index (χ0v) is 8.67. The molecule has 2 N–H and O–H groups in total. The van der Waals surface area contributed by atoms with Gasteiger partial charge in [-0.15, -0.1) is 0 Å². The number of carbonyl (C=O) groups is 2. The van der Waals surface area contributed by atoms with Gasteiger partial charge >= 0.3 is 5.97 Å². The van der Waals surface area contributed by atoms with E-state index in [0.29, 0.717) is 25.0 Å². The maximum atomic E-state index is 11.0. The van der Waals surface area contributed by atoms with Crippen molar-refractivity contribution >= 4 is 11.9 Å². The van der Waals surface area contributed by atoms with Crippen LogP contribution in [-0.2, 0) is 9.59 Å². The predicted molar refractivity (Wildman–Crippen MR) is 53.9 cm³/mol. The molecule has 0 spiro atoms. The van der Waals surface area contributed by atoms with Gasteiger partial charge in [-0.2, -0.15) is 0 Å². The molecule has 0 aromatic heterocycles. The molecule has 0 aliphatic carbocycles. The second-order valence-corrected chi connectivity index (χ2v) is 3.08. The maximum absolute atomic E-state index is 11.0. The predicted octanol–water partition coefficient (Wildman–Crippen LogP) is 1.32. The Morgan fingerprint density at radius 2 is 2.07 bits per heavy atom. The van der Waals surface area contributed by atoms with Crippen LogP contribution >= 0.6 is 0 Å². The van der Waals surface area contributed by atoms with Crippen molar-refractivity contribution in [2.75, 3.05) is 6.54 Å². The van der Waals surface area contributed by atoms with Crippen LogP contribution in [0.3, 0.4) is 0 Å². The van der Waals surface area contributed by atoms with Crippen molar-refractivity contribution in [3.63, 3.8) is 0 Å². The van der Waals surface area contributed by atoms with E-state index in [1.165, 1.54) is 6.92 Å². The van der Waals surface area contributed by atoms with Crippen molar-refractivity contribution in [3.05, 3.63) is 11.6 Å². The van der Waals surface area contributed by atoms with Gasteiger partial charge in [-0.25, -0.2) is 4.79 Å². The number of carboxylic acid groups (broad SMARTS) is 1. The van der Waals surface area contributed by atoms with Crippen molar-refractivity contribution in [3.8, 4) is 0 Å². The Kier molecular flexibility index (Phi) is 6.45. The van der Waals surface area contributed by atoms with Crippen LogP contribution < -0.4 is 5.32 Å². The first-order chi connectivity index (χ1) is 6.57. The molecule has 0 atom stereocenters. The van der Waals surface area contributed by atoms with Crippen molar-refractivity contribution in [1.82, 2.24) is 5.32 Å². The molecule has 0 aliphatic heterocycles. The average molecular weight is 199 g/mol. The van der Waals surface area contributed by atoms with Gasteiger partial charge in [-0.3, -0.25) is 4.79 Å². The lowest BCUT2D eigenvalue weighted by molar-refractivity contribution is -0.132. The van der Waals surface area contributed by atoms with E-state index in [-0.39, 0.29) is 5.91 Å². The molecule has 80 valence electrons. The standard InChI is InChI=1S/C10H17NO3/c1-3-5-9(12)11-7-4-6-8(2)10(13)14/h6H,3-5,7H2,1-2H3,(H,11,12)(H,13,14). The lowest BCUT2D eigenvalue weighted by Crippen LogP contribution is -2.23. The summed E-state index contributed by atoms with van der Waals surface area (Å²) in [6, 6.07) is 0. The third-order valence-electron chi connectivity index (χ3n) is 1.73. The van der Waals surface area contributed by atoms with Crippen molar-refractivity contribution < 1.29 is 14.7 Å². The molecule has 0 bridgehead atoms. The highest BCUT2D eigenvalue weighted by Gasteiger charge is 1.99. The van der Waals surface area contributed by atoms with Gasteiger partial charge in [-0.1, -0.05) is 13.0 Å². The number of nitrogens with one attached hydrogen (secondary N) is 1. The lowest BCUT2D eigenvalue weighted by Gasteiger charge is -2.01. The summed E-state index contributed by atoms with van der Waals surface area (Å²) >= 11 is 0. The molecular weight excluding hydrogens is 182 g/mol. The van der Waals surface area contributed by atoms with Gasteiger partial charge in [-0.05, 0) is 19.8 Å². The second kappa shape index (κ2) is 7.12. The summed E-state index contributed by atoms with van der Waals surface area (Å²) in [6.45, 7) is 3.98. The molecular formula is C10H17NO3. The Morgan fingerprint density at radius 1 is 1.43 bits per heavy atom. The van der Waals surface area contributed by atoms with Gasteiger partial charge in [0, 0.05) is 18.5 Å². The molecule has 0 fully saturated rings. The molecule has 0 saturated carbocycles. The molecule has 0 aliphatic rings. The fourth-order valence-electron chi connectivity index (χ4n) is 0.903. The van der Waals surface area contributed by atoms with E-state index in [1.54, 1.807) is 6.08 Å². The van der Waals surface area contributed by atoms with E-state index in [0.717, 1.165) is 6.42 Å². The minimum atomic E-state index is -0.912. The van der Waals surface area contributed by atoms with E-state index in [2.05, 4.69) is 5.32 Å². The zero-order chi connectivity index (χ0) is 11.0. The van der Waals surface area contributed by atoms with Gasteiger partial charge in [0.2, 0.25) is 5.91 Å². The van der Waals surface area contributed by atoms with Gasteiger partial charge in [0.1, 0.15) is 0 Å². The summed E-state index contributed by atoms with van der Waals surface area (Å²) in [7, 11) is 0.